The normalized spacial score (nSPS) is 9.73. The van der Waals surface area contributed by atoms with Gasteiger partial charge in [-0.15, -0.1) is 0 Å². The van der Waals surface area contributed by atoms with Crippen LogP contribution >= 0.6 is 7.80 Å². The van der Waals surface area contributed by atoms with E-state index in [4.69, 9.17) is 0 Å². The Morgan fingerprint density at radius 3 is 1.00 bits per heavy atom. The highest BCUT2D eigenvalue weighted by Gasteiger charge is 2.21. The quantitative estimate of drug-likeness (QED) is 0.257. The molecule has 4 aromatic carbocycles. The Morgan fingerprint density at radius 2 is 0.700 bits per heavy atom. The van der Waals surface area contributed by atoms with Crippen LogP contribution in [0.3, 0.4) is 0 Å². The van der Waals surface area contributed by atoms with Crippen molar-refractivity contribution in [1.82, 2.24) is 0 Å². The minimum Gasteiger partial charge on any atom is -0.285 e. The molecule has 0 spiro atoms. The molecule has 0 aliphatic rings. The molecular weight excluding hydrogens is 391 g/mol. The summed E-state index contributed by atoms with van der Waals surface area (Å²) in [6.07, 6.45) is 0. The molecule has 146 valence electrons. The maximum absolute atomic E-state index is 12.0. The predicted molar refractivity (Wildman–Crippen MR) is 121 cm³/mol. The van der Waals surface area contributed by atoms with Gasteiger partial charge in [0.2, 0.25) is 11.6 Å². The molecule has 4 heteroatoms. The molecule has 0 N–H and O–H groups in total. The number of benzene rings is 4. The second-order valence-electron chi connectivity index (χ2n) is 6.36. The molecule has 0 aliphatic carbocycles. The molecule has 3 nitrogen and oxygen atoms in total. The van der Waals surface area contributed by atoms with Crippen LogP contribution in [-0.4, -0.2) is 11.6 Å². The molecule has 0 aliphatic heterocycles. The lowest BCUT2D eigenvalue weighted by Gasteiger charge is -1.99. The van der Waals surface area contributed by atoms with Gasteiger partial charge in [0.15, 0.2) is 10.6 Å². The number of rotatable bonds is 5. The first-order valence-corrected chi connectivity index (χ1v) is 10.7. The molecule has 4 aromatic rings. The Labute approximate surface area is 176 Å². The maximum atomic E-state index is 12.0. The van der Waals surface area contributed by atoms with Gasteiger partial charge in [-0.3, -0.25) is 9.59 Å². The van der Waals surface area contributed by atoms with E-state index < -0.39 is 19.4 Å². The Bertz CT molecular complexity index is 1020. The Hall–Kier alpha value is -3.68. The number of Topliss-reactive ketones (excluding diaryl/α,β-unsaturated/α-hetero) is 2. The number of carbonyl (C=O) groups is 2. The van der Waals surface area contributed by atoms with Crippen molar-refractivity contribution >= 4 is 30.0 Å². The van der Waals surface area contributed by atoms with Crippen LogP contribution in [0.2, 0.25) is 0 Å². The monoisotopic (exact) mass is 411 g/mol. The summed E-state index contributed by atoms with van der Waals surface area (Å²) in [4.78, 5) is 23.6. The predicted octanol–water partition coefficient (Wildman–Crippen LogP) is 5.22. The average Bonchev–Trinajstić information content (AvgIpc) is 2.85. The number of ketones is 2. The van der Waals surface area contributed by atoms with E-state index in [0.29, 0.717) is 11.1 Å². The van der Waals surface area contributed by atoms with Crippen LogP contribution < -0.4 is 10.6 Å². The first kappa shape index (κ1) is 21.0. The van der Waals surface area contributed by atoms with Crippen molar-refractivity contribution in [3.63, 3.8) is 0 Å². The molecule has 0 unspecified atom stereocenters. The van der Waals surface area contributed by atoms with Gasteiger partial charge in [-0.25, -0.2) is 0 Å². The van der Waals surface area contributed by atoms with Crippen LogP contribution in [0.15, 0.2) is 121 Å². The summed E-state index contributed by atoms with van der Waals surface area (Å²) >= 11 is 0. The van der Waals surface area contributed by atoms with E-state index in [2.05, 4.69) is 0 Å². The van der Waals surface area contributed by atoms with Crippen LogP contribution in [0.5, 0.6) is 0 Å². The van der Waals surface area contributed by atoms with Gasteiger partial charge >= 0.3 is 7.80 Å². The van der Waals surface area contributed by atoms with Crippen molar-refractivity contribution < 1.29 is 14.2 Å². The van der Waals surface area contributed by atoms with E-state index in [1.165, 1.54) is 0 Å². The molecule has 4 rings (SSSR count). The Morgan fingerprint density at radius 1 is 0.433 bits per heavy atom. The molecule has 0 heterocycles. The molecule has 0 bridgehead atoms. The SMILES string of the molecule is O=C(C(=O)c1ccccc1)c1ccccc1.O=[P+](c1ccccc1)c1ccccc1. The Balaban J connectivity index is 0.000000172. The third-order valence-corrected chi connectivity index (χ3v) is 5.79. The standard InChI is InChI=1S/C14H10O2.C12H10OP/c15-13(11-7-3-1-4-8-11)14(16)12-9-5-2-6-10-12;13-14(11-7-3-1-4-8-11)12-9-5-2-6-10-12/h1-10H;1-10H/q;+1. The molecule has 0 fully saturated rings. The maximum Gasteiger partial charge on any atom is 0.415 e. The van der Waals surface area contributed by atoms with Crippen LogP contribution in [0.25, 0.3) is 0 Å². The summed E-state index contributed by atoms with van der Waals surface area (Å²) in [5.41, 5.74) is 0.854. The molecule has 30 heavy (non-hydrogen) atoms. The minimum absolute atomic E-state index is 0.427. The van der Waals surface area contributed by atoms with E-state index in [1.54, 1.807) is 48.5 Å². The minimum atomic E-state index is -1.42. The zero-order valence-electron chi connectivity index (χ0n) is 16.2. The topological polar surface area (TPSA) is 51.2 Å². The van der Waals surface area contributed by atoms with Crippen LogP contribution in [-0.2, 0) is 4.57 Å². The van der Waals surface area contributed by atoms with E-state index >= 15 is 0 Å². The molecule has 0 saturated carbocycles. The van der Waals surface area contributed by atoms with E-state index in [9.17, 15) is 14.2 Å². The van der Waals surface area contributed by atoms with Gasteiger partial charge in [0.1, 0.15) is 0 Å². The molecule has 0 radical (unpaired) electrons. The van der Waals surface area contributed by atoms with Crippen molar-refractivity contribution in [2.75, 3.05) is 0 Å². The van der Waals surface area contributed by atoms with Gasteiger partial charge < -0.3 is 0 Å². The van der Waals surface area contributed by atoms with E-state index in [-0.39, 0.29) is 0 Å². The second-order valence-corrected chi connectivity index (χ2v) is 7.98. The summed E-state index contributed by atoms with van der Waals surface area (Å²) in [6, 6.07) is 36.2. The van der Waals surface area contributed by atoms with Crippen molar-refractivity contribution in [2.45, 2.75) is 0 Å². The third-order valence-electron chi connectivity index (χ3n) is 4.26. The van der Waals surface area contributed by atoms with Gasteiger partial charge in [0.05, 0.1) is 0 Å². The van der Waals surface area contributed by atoms with E-state index in [0.717, 1.165) is 10.6 Å². The van der Waals surface area contributed by atoms with Gasteiger partial charge in [0, 0.05) is 11.1 Å². The second kappa shape index (κ2) is 10.8. The highest BCUT2D eigenvalue weighted by molar-refractivity contribution is 7.61. The first-order valence-electron chi connectivity index (χ1n) is 9.43. The van der Waals surface area contributed by atoms with Gasteiger partial charge in [-0.1, -0.05) is 102 Å². The van der Waals surface area contributed by atoms with Crippen LogP contribution in [0.1, 0.15) is 20.7 Å². The third kappa shape index (κ3) is 5.66. The number of carbonyl (C=O) groups excluding carboxylic acids is 2. The van der Waals surface area contributed by atoms with Crippen molar-refractivity contribution in [1.29, 1.82) is 0 Å². The highest BCUT2D eigenvalue weighted by Crippen LogP contribution is 2.18. The summed E-state index contributed by atoms with van der Waals surface area (Å²) in [5, 5.41) is 1.77. The van der Waals surface area contributed by atoms with Crippen LogP contribution in [0.4, 0.5) is 0 Å². The molecular formula is C26H20O3P+. The summed E-state index contributed by atoms with van der Waals surface area (Å²) < 4.78 is 12.0. The van der Waals surface area contributed by atoms with E-state index in [1.807, 2.05) is 72.8 Å². The lowest BCUT2D eigenvalue weighted by atomic mass is 10.0. The number of hydrogen-bond donors (Lipinski definition) is 0. The Kier molecular flexibility index (Phi) is 7.54. The van der Waals surface area contributed by atoms with Crippen molar-refractivity contribution in [2.24, 2.45) is 0 Å². The zero-order valence-corrected chi connectivity index (χ0v) is 17.1. The fourth-order valence-corrected chi connectivity index (χ4v) is 3.90. The highest BCUT2D eigenvalue weighted by atomic mass is 31.1. The molecule has 0 amide bonds. The van der Waals surface area contributed by atoms with Gasteiger partial charge in [-0.05, 0) is 24.3 Å². The first-order chi connectivity index (χ1) is 14.7. The molecule has 0 atom stereocenters. The van der Waals surface area contributed by atoms with Gasteiger partial charge in [0.25, 0.3) is 0 Å². The summed E-state index contributed by atoms with van der Waals surface area (Å²) in [5.74, 6) is -0.932. The van der Waals surface area contributed by atoms with Gasteiger partial charge in [-0.2, -0.15) is 0 Å². The largest absolute Gasteiger partial charge is 0.415 e. The molecule has 0 saturated heterocycles. The van der Waals surface area contributed by atoms with Crippen molar-refractivity contribution in [3.8, 4) is 0 Å². The smallest absolute Gasteiger partial charge is 0.285 e. The summed E-state index contributed by atoms with van der Waals surface area (Å²) in [7, 11) is -1.42. The number of hydrogen-bond acceptors (Lipinski definition) is 3. The fraction of sp³-hybridized carbons (Fsp3) is 0. The zero-order chi connectivity index (χ0) is 21.2. The fourth-order valence-electron chi connectivity index (χ4n) is 2.72. The average molecular weight is 411 g/mol. The summed E-state index contributed by atoms with van der Waals surface area (Å²) in [6.45, 7) is 0. The van der Waals surface area contributed by atoms with Crippen molar-refractivity contribution in [3.05, 3.63) is 132 Å². The van der Waals surface area contributed by atoms with Crippen LogP contribution in [0, 0.1) is 0 Å². The molecule has 0 aromatic heterocycles. The lowest BCUT2D eigenvalue weighted by molar-refractivity contribution is 0.0817. The lowest BCUT2D eigenvalue weighted by Crippen LogP contribution is -2.14.